The Hall–Kier alpha value is -1.43. The van der Waals surface area contributed by atoms with Crippen molar-refractivity contribution in [3.63, 3.8) is 0 Å². The molecule has 0 atom stereocenters. The minimum atomic E-state index is -0.877. The number of hydrogen-bond acceptors (Lipinski definition) is 4. The molecule has 18 heavy (non-hydrogen) atoms. The maximum absolute atomic E-state index is 12.0. The van der Waals surface area contributed by atoms with Crippen LogP contribution in [-0.4, -0.2) is 22.3 Å². The zero-order valence-electron chi connectivity index (χ0n) is 10.1. The highest BCUT2D eigenvalue weighted by atomic mass is 32.1. The molecule has 1 saturated carbocycles. The third kappa shape index (κ3) is 2.69. The number of carbonyl (C=O) groups excluding carboxylic acids is 2. The van der Waals surface area contributed by atoms with E-state index in [4.69, 9.17) is 5.73 Å². The third-order valence-electron chi connectivity index (χ3n) is 3.44. The number of thiazole rings is 1. The molecule has 1 fully saturated rings. The molecular weight excluding hydrogens is 250 g/mol. The van der Waals surface area contributed by atoms with Crippen molar-refractivity contribution in [3.05, 3.63) is 16.6 Å². The monoisotopic (exact) mass is 267 g/mol. The van der Waals surface area contributed by atoms with Gasteiger partial charge >= 0.3 is 0 Å². The van der Waals surface area contributed by atoms with Crippen LogP contribution < -0.4 is 11.1 Å². The van der Waals surface area contributed by atoms with Gasteiger partial charge in [0, 0.05) is 0 Å². The van der Waals surface area contributed by atoms with Crippen LogP contribution in [0.4, 0.5) is 0 Å². The van der Waals surface area contributed by atoms with Crippen LogP contribution in [0, 0.1) is 0 Å². The number of nitrogens with zero attached hydrogens (tertiary/aromatic N) is 1. The maximum atomic E-state index is 12.0. The highest BCUT2D eigenvalue weighted by Gasteiger charge is 2.38. The molecule has 1 aliphatic rings. The van der Waals surface area contributed by atoms with Crippen molar-refractivity contribution < 1.29 is 9.59 Å². The largest absolute Gasteiger partial charge is 0.368 e. The molecule has 2 rings (SSSR count). The molecular formula is C12H17N3O2S. The summed E-state index contributed by atoms with van der Waals surface area (Å²) in [7, 11) is 0. The first-order valence-electron chi connectivity index (χ1n) is 6.15. The molecule has 98 valence electrons. The summed E-state index contributed by atoms with van der Waals surface area (Å²) in [4.78, 5) is 28.2. The maximum Gasteiger partial charge on any atom is 0.263 e. The minimum absolute atomic E-state index is 0.252. The summed E-state index contributed by atoms with van der Waals surface area (Å²) in [6, 6.07) is 0. The molecule has 6 heteroatoms. The first kappa shape index (κ1) is 13.0. The molecule has 0 aliphatic heterocycles. The number of hydrogen-bond donors (Lipinski definition) is 2. The summed E-state index contributed by atoms with van der Waals surface area (Å²) >= 11 is 1.26. The second-order valence-corrected chi connectivity index (χ2v) is 5.57. The van der Waals surface area contributed by atoms with Crippen molar-refractivity contribution in [2.45, 2.75) is 44.1 Å². The summed E-state index contributed by atoms with van der Waals surface area (Å²) in [6.07, 6.45) is 6.79. The second-order valence-electron chi connectivity index (χ2n) is 4.68. The summed E-state index contributed by atoms with van der Waals surface area (Å²) in [5.41, 5.74) is 6.23. The summed E-state index contributed by atoms with van der Waals surface area (Å²) in [5.74, 6) is -0.680. The third-order valence-corrected chi connectivity index (χ3v) is 4.21. The zero-order valence-corrected chi connectivity index (χ0v) is 11.0. The summed E-state index contributed by atoms with van der Waals surface area (Å²) < 4.78 is 0. The Bertz CT molecular complexity index is 423. The fourth-order valence-electron chi connectivity index (χ4n) is 2.37. The van der Waals surface area contributed by atoms with Crippen molar-refractivity contribution in [2.75, 3.05) is 0 Å². The van der Waals surface area contributed by atoms with Crippen LogP contribution in [0.2, 0.25) is 0 Å². The van der Waals surface area contributed by atoms with Gasteiger partial charge in [-0.05, 0) is 12.8 Å². The lowest BCUT2D eigenvalue weighted by Crippen LogP contribution is -2.57. The van der Waals surface area contributed by atoms with E-state index in [1.54, 1.807) is 5.51 Å². The van der Waals surface area contributed by atoms with Gasteiger partial charge < -0.3 is 11.1 Å². The van der Waals surface area contributed by atoms with Crippen LogP contribution in [0.15, 0.2) is 11.7 Å². The number of rotatable bonds is 3. The van der Waals surface area contributed by atoms with Gasteiger partial charge in [0.25, 0.3) is 5.91 Å². The van der Waals surface area contributed by atoms with Gasteiger partial charge in [-0.25, -0.2) is 0 Å². The Balaban J connectivity index is 2.15. The number of carbonyl (C=O) groups is 2. The van der Waals surface area contributed by atoms with Crippen LogP contribution in [0.3, 0.4) is 0 Å². The highest BCUT2D eigenvalue weighted by Crippen LogP contribution is 2.27. The molecule has 0 bridgehead atoms. The molecule has 0 saturated heterocycles. The number of aromatic nitrogens is 1. The Morgan fingerprint density at radius 2 is 1.94 bits per heavy atom. The zero-order chi connectivity index (χ0) is 13.0. The number of nitrogens with two attached hydrogens (primary N) is 1. The quantitative estimate of drug-likeness (QED) is 0.813. The van der Waals surface area contributed by atoms with Crippen molar-refractivity contribution >= 4 is 23.2 Å². The lowest BCUT2D eigenvalue weighted by Gasteiger charge is -2.30. The number of nitrogens with one attached hydrogen (secondary N) is 1. The number of primary amides is 1. The Morgan fingerprint density at radius 3 is 2.44 bits per heavy atom. The molecule has 1 aromatic heterocycles. The number of amides is 2. The molecule has 2 amide bonds. The lowest BCUT2D eigenvalue weighted by molar-refractivity contribution is -0.124. The molecule has 0 unspecified atom stereocenters. The van der Waals surface area contributed by atoms with Gasteiger partial charge in [0.1, 0.15) is 10.4 Å². The van der Waals surface area contributed by atoms with E-state index in [9.17, 15) is 9.59 Å². The molecule has 0 spiro atoms. The average Bonchev–Trinajstić information content (AvgIpc) is 2.77. The predicted octanol–water partition coefficient (Wildman–Crippen LogP) is 1.45. The van der Waals surface area contributed by atoms with Crippen LogP contribution in [0.1, 0.15) is 48.2 Å². The average molecular weight is 267 g/mol. The van der Waals surface area contributed by atoms with Crippen LogP contribution in [0.5, 0.6) is 0 Å². The molecule has 1 aliphatic carbocycles. The first-order chi connectivity index (χ1) is 8.64. The molecule has 0 aromatic carbocycles. The highest BCUT2D eigenvalue weighted by molar-refractivity contribution is 7.11. The van der Waals surface area contributed by atoms with Gasteiger partial charge in [0.2, 0.25) is 5.91 Å². The van der Waals surface area contributed by atoms with Crippen molar-refractivity contribution in [1.82, 2.24) is 10.3 Å². The fraction of sp³-hybridized carbons (Fsp3) is 0.583. The Morgan fingerprint density at radius 1 is 1.28 bits per heavy atom. The van der Waals surface area contributed by atoms with E-state index >= 15 is 0 Å². The van der Waals surface area contributed by atoms with Gasteiger partial charge in [-0.3, -0.25) is 14.6 Å². The minimum Gasteiger partial charge on any atom is -0.368 e. The topological polar surface area (TPSA) is 85.1 Å². The first-order valence-corrected chi connectivity index (χ1v) is 7.03. The summed E-state index contributed by atoms with van der Waals surface area (Å²) in [6.45, 7) is 0. The van der Waals surface area contributed by atoms with Gasteiger partial charge in [-0.2, -0.15) is 0 Å². The molecule has 5 nitrogen and oxygen atoms in total. The molecule has 1 heterocycles. The van der Waals surface area contributed by atoms with Crippen LogP contribution in [-0.2, 0) is 4.79 Å². The summed E-state index contributed by atoms with van der Waals surface area (Å²) in [5, 5.41) is 2.83. The van der Waals surface area contributed by atoms with E-state index in [-0.39, 0.29) is 5.91 Å². The van der Waals surface area contributed by atoms with Crippen molar-refractivity contribution in [3.8, 4) is 0 Å². The van der Waals surface area contributed by atoms with Crippen molar-refractivity contribution in [2.24, 2.45) is 5.73 Å². The van der Waals surface area contributed by atoms with E-state index < -0.39 is 11.4 Å². The predicted molar refractivity (Wildman–Crippen MR) is 69.2 cm³/mol. The van der Waals surface area contributed by atoms with Crippen LogP contribution >= 0.6 is 11.3 Å². The van der Waals surface area contributed by atoms with Gasteiger partial charge in [0.15, 0.2) is 0 Å². The van der Waals surface area contributed by atoms with E-state index in [1.807, 2.05) is 0 Å². The van der Waals surface area contributed by atoms with E-state index in [0.29, 0.717) is 17.7 Å². The van der Waals surface area contributed by atoms with Gasteiger partial charge in [-0.15, -0.1) is 11.3 Å². The molecule has 3 N–H and O–H groups in total. The van der Waals surface area contributed by atoms with Gasteiger partial charge in [-0.1, -0.05) is 25.7 Å². The molecule has 1 aromatic rings. The normalized spacial score (nSPS) is 18.9. The van der Waals surface area contributed by atoms with Crippen molar-refractivity contribution in [1.29, 1.82) is 0 Å². The lowest BCUT2D eigenvalue weighted by atomic mass is 9.89. The standard InChI is InChI=1S/C12H17N3O2S/c13-11(17)12(5-3-1-2-4-6-12)15-10(16)9-7-14-8-18-9/h7-8H,1-6H2,(H2,13,17)(H,15,16). The molecule has 0 radical (unpaired) electrons. The fourth-order valence-corrected chi connectivity index (χ4v) is 2.89. The van der Waals surface area contributed by atoms with E-state index in [2.05, 4.69) is 10.3 Å². The Labute approximate surface area is 110 Å². The second kappa shape index (κ2) is 5.48. The van der Waals surface area contributed by atoms with Crippen LogP contribution in [0.25, 0.3) is 0 Å². The van der Waals surface area contributed by atoms with Gasteiger partial charge in [0.05, 0.1) is 11.7 Å². The van der Waals surface area contributed by atoms with E-state index in [1.165, 1.54) is 17.5 Å². The SMILES string of the molecule is NC(=O)C1(NC(=O)c2cncs2)CCCCCC1. The Kier molecular flexibility index (Phi) is 3.96. The van der Waals surface area contributed by atoms with E-state index in [0.717, 1.165) is 25.7 Å². The smallest absolute Gasteiger partial charge is 0.263 e.